The van der Waals surface area contributed by atoms with E-state index < -0.39 is 11.7 Å². The second-order valence-electron chi connectivity index (χ2n) is 5.93. The van der Waals surface area contributed by atoms with E-state index in [1.807, 2.05) is 6.07 Å². The first-order chi connectivity index (χ1) is 9.69. The first-order valence-electron chi connectivity index (χ1n) is 6.90. The molecule has 0 aliphatic carbocycles. The lowest BCUT2D eigenvalue weighted by Gasteiger charge is -2.28. The standard InChI is InChI=1S/C16H23NO4/c1-12(17(5)15(19)21-16(2,3)4)11-14(18)20-13-9-7-6-8-10-13/h6-10,12H,11H2,1-5H3. The second-order valence-corrected chi connectivity index (χ2v) is 5.93. The molecule has 0 N–H and O–H groups in total. The third kappa shape index (κ3) is 6.29. The maximum absolute atomic E-state index is 11.9. The van der Waals surface area contributed by atoms with Gasteiger partial charge in [0.1, 0.15) is 11.4 Å². The summed E-state index contributed by atoms with van der Waals surface area (Å²) in [6, 6.07) is 8.53. The Kier molecular flexibility index (Phi) is 5.76. The van der Waals surface area contributed by atoms with Crippen LogP contribution >= 0.6 is 0 Å². The fraction of sp³-hybridized carbons (Fsp3) is 0.500. The number of carbonyl (C=O) groups excluding carboxylic acids is 2. The van der Waals surface area contributed by atoms with Gasteiger partial charge in [-0.05, 0) is 39.8 Å². The highest BCUT2D eigenvalue weighted by molar-refractivity contribution is 5.74. The molecule has 21 heavy (non-hydrogen) atoms. The molecular formula is C16H23NO4. The molecule has 1 atom stereocenters. The van der Waals surface area contributed by atoms with Crippen LogP contribution < -0.4 is 4.74 Å². The average molecular weight is 293 g/mol. The molecule has 0 spiro atoms. The number of hydrogen-bond acceptors (Lipinski definition) is 4. The summed E-state index contributed by atoms with van der Waals surface area (Å²) in [5, 5.41) is 0. The van der Waals surface area contributed by atoms with E-state index in [0.29, 0.717) is 5.75 Å². The lowest BCUT2D eigenvalue weighted by Crippen LogP contribution is -2.40. The van der Waals surface area contributed by atoms with Crippen LogP contribution in [0.1, 0.15) is 34.1 Å². The topological polar surface area (TPSA) is 55.8 Å². The van der Waals surface area contributed by atoms with Crippen molar-refractivity contribution in [3.8, 4) is 5.75 Å². The summed E-state index contributed by atoms with van der Waals surface area (Å²) in [7, 11) is 1.61. The highest BCUT2D eigenvalue weighted by Crippen LogP contribution is 2.14. The number of esters is 1. The van der Waals surface area contributed by atoms with Crippen molar-refractivity contribution in [2.75, 3.05) is 7.05 Å². The maximum atomic E-state index is 11.9. The first kappa shape index (κ1) is 17.0. The third-order valence-corrected chi connectivity index (χ3v) is 2.78. The number of ether oxygens (including phenoxy) is 2. The molecule has 1 aromatic carbocycles. The zero-order valence-electron chi connectivity index (χ0n) is 13.3. The Morgan fingerprint density at radius 2 is 1.76 bits per heavy atom. The summed E-state index contributed by atoms with van der Waals surface area (Å²) < 4.78 is 10.5. The molecule has 0 saturated heterocycles. The van der Waals surface area contributed by atoms with Gasteiger partial charge in [-0.1, -0.05) is 18.2 Å². The lowest BCUT2D eigenvalue weighted by molar-refractivity contribution is -0.135. The van der Waals surface area contributed by atoms with Gasteiger partial charge in [-0.3, -0.25) is 4.79 Å². The molecule has 1 rings (SSSR count). The SMILES string of the molecule is CC(CC(=O)Oc1ccccc1)N(C)C(=O)OC(C)(C)C. The zero-order chi connectivity index (χ0) is 16.0. The number of para-hydroxylation sites is 1. The summed E-state index contributed by atoms with van der Waals surface area (Å²) in [5.41, 5.74) is -0.560. The van der Waals surface area contributed by atoms with Crippen molar-refractivity contribution in [3.05, 3.63) is 30.3 Å². The highest BCUT2D eigenvalue weighted by Gasteiger charge is 2.24. The molecule has 5 nitrogen and oxygen atoms in total. The largest absolute Gasteiger partial charge is 0.444 e. The van der Waals surface area contributed by atoms with E-state index in [-0.39, 0.29) is 18.4 Å². The van der Waals surface area contributed by atoms with Crippen molar-refractivity contribution in [2.24, 2.45) is 0 Å². The minimum absolute atomic E-state index is 0.102. The number of rotatable bonds is 4. The van der Waals surface area contributed by atoms with Crippen molar-refractivity contribution in [2.45, 2.75) is 45.8 Å². The predicted octanol–water partition coefficient (Wildman–Crippen LogP) is 3.24. The van der Waals surface area contributed by atoms with Crippen LogP contribution in [0.2, 0.25) is 0 Å². The number of benzene rings is 1. The Hall–Kier alpha value is -2.04. The summed E-state index contributed by atoms with van der Waals surface area (Å²) in [5.74, 6) is 0.110. The van der Waals surface area contributed by atoms with Gasteiger partial charge in [-0.2, -0.15) is 0 Å². The van der Waals surface area contributed by atoms with Gasteiger partial charge in [0.15, 0.2) is 0 Å². The van der Waals surface area contributed by atoms with Crippen LogP contribution in [0.5, 0.6) is 5.75 Å². The van der Waals surface area contributed by atoms with Crippen LogP contribution in [0.3, 0.4) is 0 Å². The van der Waals surface area contributed by atoms with Crippen LogP contribution in [-0.2, 0) is 9.53 Å². The number of carbonyl (C=O) groups is 2. The number of hydrogen-bond donors (Lipinski definition) is 0. The van der Waals surface area contributed by atoms with E-state index in [1.165, 1.54) is 4.90 Å². The van der Waals surface area contributed by atoms with Gasteiger partial charge >= 0.3 is 12.1 Å². The van der Waals surface area contributed by atoms with E-state index >= 15 is 0 Å². The van der Waals surface area contributed by atoms with Gasteiger partial charge in [0.2, 0.25) is 0 Å². The summed E-state index contributed by atoms with van der Waals surface area (Å²) in [4.78, 5) is 25.1. The van der Waals surface area contributed by atoms with Crippen LogP contribution in [0, 0.1) is 0 Å². The van der Waals surface area contributed by atoms with Crippen molar-refractivity contribution >= 4 is 12.1 Å². The van der Waals surface area contributed by atoms with E-state index in [4.69, 9.17) is 9.47 Å². The van der Waals surface area contributed by atoms with Gasteiger partial charge in [-0.15, -0.1) is 0 Å². The molecule has 0 heterocycles. The Bertz CT molecular complexity index is 479. The lowest BCUT2D eigenvalue weighted by atomic mass is 10.2. The summed E-state index contributed by atoms with van der Waals surface area (Å²) in [6.45, 7) is 7.17. The quantitative estimate of drug-likeness (QED) is 0.631. The zero-order valence-corrected chi connectivity index (χ0v) is 13.3. The van der Waals surface area contributed by atoms with Crippen molar-refractivity contribution in [3.63, 3.8) is 0 Å². The normalized spacial score (nSPS) is 12.4. The molecule has 0 fully saturated rings. The van der Waals surface area contributed by atoms with Crippen LogP contribution in [0.15, 0.2) is 30.3 Å². The molecule has 0 aromatic heterocycles. The van der Waals surface area contributed by atoms with Crippen molar-refractivity contribution in [1.82, 2.24) is 4.90 Å². The van der Waals surface area contributed by atoms with Crippen molar-refractivity contribution < 1.29 is 19.1 Å². The molecule has 1 amide bonds. The first-order valence-corrected chi connectivity index (χ1v) is 6.90. The van der Waals surface area contributed by atoms with Gasteiger partial charge in [-0.25, -0.2) is 4.79 Å². The molecule has 5 heteroatoms. The van der Waals surface area contributed by atoms with E-state index in [2.05, 4.69) is 0 Å². The molecule has 0 aliphatic heterocycles. The highest BCUT2D eigenvalue weighted by atomic mass is 16.6. The van der Waals surface area contributed by atoms with Crippen LogP contribution in [0.25, 0.3) is 0 Å². The van der Waals surface area contributed by atoms with E-state index in [1.54, 1.807) is 59.0 Å². The molecule has 0 saturated carbocycles. The molecular weight excluding hydrogens is 270 g/mol. The minimum Gasteiger partial charge on any atom is -0.444 e. The molecule has 1 aromatic rings. The Morgan fingerprint density at radius 1 is 1.19 bits per heavy atom. The van der Waals surface area contributed by atoms with Gasteiger partial charge in [0.05, 0.1) is 6.42 Å². The predicted molar refractivity (Wildman–Crippen MR) is 80.2 cm³/mol. The summed E-state index contributed by atoms with van der Waals surface area (Å²) in [6.07, 6.45) is -0.354. The van der Waals surface area contributed by atoms with Gasteiger partial charge < -0.3 is 14.4 Å². The average Bonchev–Trinajstić information content (AvgIpc) is 2.36. The molecule has 0 aliphatic rings. The smallest absolute Gasteiger partial charge is 0.410 e. The fourth-order valence-electron chi connectivity index (χ4n) is 1.55. The molecule has 0 radical (unpaired) electrons. The Labute approximate surface area is 125 Å². The maximum Gasteiger partial charge on any atom is 0.410 e. The van der Waals surface area contributed by atoms with Gasteiger partial charge in [0.25, 0.3) is 0 Å². The monoisotopic (exact) mass is 293 g/mol. The van der Waals surface area contributed by atoms with Gasteiger partial charge in [0, 0.05) is 13.1 Å². The Balaban J connectivity index is 2.50. The minimum atomic E-state index is -0.560. The number of nitrogens with zero attached hydrogens (tertiary/aromatic N) is 1. The molecule has 0 bridgehead atoms. The molecule has 1 unspecified atom stereocenters. The van der Waals surface area contributed by atoms with Crippen molar-refractivity contribution in [1.29, 1.82) is 0 Å². The number of amides is 1. The Morgan fingerprint density at radius 3 is 2.29 bits per heavy atom. The van der Waals surface area contributed by atoms with E-state index in [0.717, 1.165) is 0 Å². The second kappa shape index (κ2) is 7.11. The van der Waals surface area contributed by atoms with Crippen LogP contribution in [0.4, 0.5) is 4.79 Å². The van der Waals surface area contributed by atoms with E-state index in [9.17, 15) is 9.59 Å². The molecule has 116 valence electrons. The fourth-order valence-corrected chi connectivity index (χ4v) is 1.55. The third-order valence-electron chi connectivity index (χ3n) is 2.78. The summed E-state index contributed by atoms with van der Waals surface area (Å²) >= 11 is 0. The van der Waals surface area contributed by atoms with Crippen LogP contribution in [-0.4, -0.2) is 35.7 Å².